The van der Waals surface area contributed by atoms with Gasteiger partial charge in [0.15, 0.2) is 0 Å². The first-order valence-electron chi connectivity index (χ1n) is 9.41. The molecule has 3 rings (SSSR count). The lowest BCUT2D eigenvalue weighted by molar-refractivity contribution is 0.0694. The van der Waals surface area contributed by atoms with E-state index < -0.39 is 10.2 Å². The molecule has 9 nitrogen and oxygen atoms in total. The molecule has 0 saturated carbocycles. The van der Waals surface area contributed by atoms with Gasteiger partial charge in [0.05, 0.1) is 6.54 Å². The lowest BCUT2D eigenvalue weighted by atomic mass is 10.1. The maximum Gasteiger partial charge on any atom is 0.282 e. The Hall–Kier alpha value is -2.30. The molecule has 0 aliphatic carbocycles. The first kappa shape index (κ1) is 20.4. The number of carbonyl (C=O) groups is 1. The second-order valence-corrected chi connectivity index (χ2v) is 8.50. The van der Waals surface area contributed by atoms with Gasteiger partial charge in [0, 0.05) is 44.8 Å². The van der Waals surface area contributed by atoms with E-state index in [0.717, 1.165) is 5.56 Å². The summed E-state index contributed by atoms with van der Waals surface area (Å²) in [6.45, 7) is 6.54. The Morgan fingerprint density at radius 3 is 2.25 bits per heavy atom. The maximum atomic E-state index is 12.8. The van der Waals surface area contributed by atoms with Gasteiger partial charge in [0.1, 0.15) is 12.7 Å². The highest BCUT2D eigenvalue weighted by atomic mass is 32.2. The smallest absolute Gasteiger partial charge is 0.282 e. The van der Waals surface area contributed by atoms with Crippen molar-refractivity contribution < 1.29 is 13.2 Å². The summed E-state index contributed by atoms with van der Waals surface area (Å²) in [6.07, 6.45) is 3.13. The van der Waals surface area contributed by atoms with Crippen LogP contribution < -0.4 is 0 Å². The van der Waals surface area contributed by atoms with E-state index in [-0.39, 0.29) is 5.91 Å². The fourth-order valence-corrected chi connectivity index (χ4v) is 4.88. The van der Waals surface area contributed by atoms with Crippen LogP contribution in [-0.2, 0) is 16.8 Å². The van der Waals surface area contributed by atoms with Gasteiger partial charge < -0.3 is 4.90 Å². The number of hydrogen-bond acceptors (Lipinski definition) is 5. The van der Waals surface area contributed by atoms with Crippen LogP contribution in [0.1, 0.15) is 29.8 Å². The molecule has 0 spiro atoms. The number of rotatable bonds is 7. The van der Waals surface area contributed by atoms with E-state index in [2.05, 4.69) is 10.1 Å². The van der Waals surface area contributed by atoms with Crippen molar-refractivity contribution in [2.75, 3.05) is 39.3 Å². The summed E-state index contributed by atoms with van der Waals surface area (Å²) >= 11 is 0. The average Bonchev–Trinajstić information content (AvgIpc) is 3.22. The molecular weight excluding hydrogens is 380 g/mol. The van der Waals surface area contributed by atoms with Crippen LogP contribution in [0, 0.1) is 0 Å². The van der Waals surface area contributed by atoms with E-state index in [1.54, 1.807) is 28.0 Å². The molecule has 10 heteroatoms. The molecule has 1 saturated heterocycles. The molecule has 2 aromatic rings. The van der Waals surface area contributed by atoms with Crippen LogP contribution >= 0.6 is 0 Å². The predicted molar refractivity (Wildman–Crippen MR) is 105 cm³/mol. The van der Waals surface area contributed by atoms with Crippen molar-refractivity contribution in [3.8, 4) is 0 Å². The Kier molecular flexibility index (Phi) is 6.42. The minimum Gasteiger partial charge on any atom is -0.336 e. The topological polar surface area (TPSA) is 91.6 Å². The van der Waals surface area contributed by atoms with E-state index in [0.29, 0.717) is 51.4 Å². The molecule has 1 fully saturated rings. The normalized spacial score (nSPS) is 15.9. The Morgan fingerprint density at radius 1 is 1.07 bits per heavy atom. The number of aromatic nitrogens is 3. The van der Waals surface area contributed by atoms with Gasteiger partial charge in [-0.25, -0.2) is 9.67 Å². The van der Waals surface area contributed by atoms with Crippen molar-refractivity contribution in [1.29, 1.82) is 0 Å². The lowest BCUT2D eigenvalue weighted by Gasteiger charge is -2.36. The van der Waals surface area contributed by atoms with E-state index in [1.165, 1.54) is 14.9 Å². The number of benzene rings is 1. The Balaban J connectivity index is 1.59. The molecule has 28 heavy (non-hydrogen) atoms. The van der Waals surface area contributed by atoms with Gasteiger partial charge in [-0.15, -0.1) is 0 Å². The highest BCUT2D eigenvalue weighted by Gasteiger charge is 2.32. The highest BCUT2D eigenvalue weighted by Crippen LogP contribution is 2.15. The number of amides is 1. The molecule has 1 aromatic carbocycles. The standard InChI is InChI=1S/C18H26N6O3S/c1-3-23(4-2)28(26,27)24-11-9-21(10-12-24)18(25)17-7-5-16(6-8-17)13-22-15-19-14-20-22/h5-8,14-15H,3-4,9-13H2,1-2H3. The van der Waals surface area contributed by atoms with Crippen LogP contribution in [0.4, 0.5) is 0 Å². The van der Waals surface area contributed by atoms with Crippen molar-refractivity contribution in [2.24, 2.45) is 0 Å². The van der Waals surface area contributed by atoms with Gasteiger partial charge in [-0.2, -0.15) is 22.1 Å². The van der Waals surface area contributed by atoms with E-state index in [1.807, 2.05) is 26.0 Å². The Labute approximate surface area is 165 Å². The first-order valence-corrected chi connectivity index (χ1v) is 10.8. The number of hydrogen-bond donors (Lipinski definition) is 0. The highest BCUT2D eigenvalue weighted by molar-refractivity contribution is 7.86. The Morgan fingerprint density at radius 2 is 1.71 bits per heavy atom. The van der Waals surface area contributed by atoms with Crippen LogP contribution in [0.15, 0.2) is 36.9 Å². The maximum absolute atomic E-state index is 12.8. The van der Waals surface area contributed by atoms with Crippen LogP contribution in [0.2, 0.25) is 0 Å². The molecule has 1 aliphatic heterocycles. The quantitative estimate of drug-likeness (QED) is 0.674. The van der Waals surface area contributed by atoms with Crippen LogP contribution in [0.5, 0.6) is 0 Å². The summed E-state index contributed by atoms with van der Waals surface area (Å²) in [6, 6.07) is 7.40. The summed E-state index contributed by atoms with van der Waals surface area (Å²) in [5, 5.41) is 4.07. The molecule has 1 aliphatic rings. The molecular formula is C18H26N6O3S. The molecule has 1 amide bonds. The van der Waals surface area contributed by atoms with Gasteiger partial charge in [-0.05, 0) is 17.7 Å². The van der Waals surface area contributed by atoms with Crippen molar-refractivity contribution >= 4 is 16.1 Å². The summed E-state index contributed by atoms with van der Waals surface area (Å²) < 4.78 is 29.8. The van der Waals surface area contributed by atoms with Gasteiger partial charge >= 0.3 is 0 Å². The zero-order valence-corrected chi connectivity index (χ0v) is 17.0. The van der Waals surface area contributed by atoms with E-state index >= 15 is 0 Å². The largest absolute Gasteiger partial charge is 0.336 e. The third-order valence-electron chi connectivity index (χ3n) is 4.90. The second kappa shape index (κ2) is 8.80. The Bertz CT molecular complexity index is 871. The van der Waals surface area contributed by atoms with Gasteiger partial charge in [-0.1, -0.05) is 26.0 Å². The molecule has 0 radical (unpaired) electrons. The summed E-state index contributed by atoms with van der Waals surface area (Å²) in [5.41, 5.74) is 1.62. The van der Waals surface area contributed by atoms with E-state index in [9.17, 15) is 13.2 Å². The molecule has 0 unspecified atom stereocenters. The molecule has 152 valence electrons. The minimum absolute atomic E-state index is 0.0767. The van der Waals surface area contributed by atoms with Crippen LogP contribution in [-0.4, -0.2) is 81.9 Å². The van der Waals surface area contributed by atoms with Gasteiger partial charge in [0.25, 0.3) is 16.1 Å². The fourth-order valence-electron chi connectivity index (χ4n) is 3.27. The van der Waals surface area contributed by atoms with Crippen molar-refractivity contribution in [3.63, 3.8) is 0 Å². The molecule has 0 bridgehead atoms. The minimum atomic E-state index is -3.45. The fraction of sp³-hybridized carbons (Fsp3) is 0.500. The lowest BCUT2D eigenvalue weighted by Crippen LogP contribution is -2.54. The zero-order valence-electron chi connectivity index (χ0n) is 16.2. The number of nitrogens with zero attached hydrogens (tertiary/aromatic N) is 6. The van der Waals surface area contributed by atoms with Crippen LogP contribution in [0.25, 0.3) is 0 Å². The molecule has 0 N–H and O–H groups in total. The summed E-state index contributed by atoms with van der Waals surface area (Å²) in [4.78, 5) is 18.4. The summed E-state index contributed by atoms with van der Waals surface area (Å²) in [5.74, 6) is -0.0767. The third kappa shape index (κ3) is 4.40. The monoisotopic (exact) mass is 406 g/mol. The number of piperazine rings is 1. The zero-order chi connectivity index (χ0) is 20.1. The predicted octanol–water partition coefficient (Wildman–Crippen LogP) is 0.671. The van der Waals surface area contributed by atoms with Gasteiger partial charge in [-0.3, -0.25) is 4.79 Å². The third-order valence-corrected chi connectivity index (χ3v) is 7.08. The van der Waals surface area contributed by atoms with E-state index in [4.69, 9.17) is 0 Å². The van der Waals surface area contributed by atoms with Crippen molar-refractivity contribution in [3.05, 3.63) is 48.0 Å². The average molecular weight is 407 g/mol. The SMILES string of the molecule is CCN(CC)S(=O)(=O)N1CCN(C(=O)c2ccc(Cn3cncn3)cc2)CC1. The first-order chi connectivity index (χ1) is 13.5. The second-order valence-electron chi connectivity index (χ2n) is 6.57. The summed E-state index contributed by atoms with van der Waals surface area (Å²) in [7, 11) is -3.45. The van der Waals surface area contributed by atoms with Crippen LogP contribution in [0.3, 0.4) is 0 Å². The molecule has 0 atom stereocenters. The molecule has 1 aromatic heterocycles. The van der Waals surface area contributed by atoms with Gasteiger partial charge in [0.2, 0.25) is 0 Å². The molecule has 2 heterocycles. The van der Waals surface area contributed by atoms with Crippen molar-refractivity contribution in [2.45, 2.75) is 20.4 Å². The number of carbonyl (C=O) groups excluding carboxylic acids is 1. The van der Waals surface area contributed by atoms with Crippen molar-refractivity contribution in [1.82, 2.24) is 28.3 Å².